The number of methoxy groups -OCH3 is 1. The average Bonchev–Trinajstić information content (AvgIpc) is 3.24. The maximum Gasteiger partial charge on any atom is 0.244 e. The molecule has 1 unspecified atom stereocenters. The second-order valence-corrected chi connectivity index (χ2v) is 8.47. The Hall–Kier alpha value is -3.05. The lowest BCUT2D eigenvalue weighted by atomic mass is 9.99. The van der Waals surface area contributed by atoms with Crippen LogP contribution in [0, 0.1) is 0 Å². The first-order chi connectivity index (χ1) is 16.0. The number of nitrogens with one attached hydrogen (secondary N) is 1. The van der Waals surface area contributed by atoms with Crippen molar-refractivity contribution in [3.63, 3.8) is 0 Å². The van der Waals surface area contributed by atoms with E-state index in [1.807, 2.05) is 37.3 Å². The van der Waals surface area contributed by atoms with E-state index in [2.05, 4.69) is 43.1 Å². The molecule has 0 saturated carbocycles. The van der Waals surface area contributed by atoms with Gasteiger partial charge in [0.1, 0.15) is 11.3 Å². The molecule has 3 rings (SSSR count). The molecule has 0 radical (unpaired) electrons. The number of rotatable bonds is 11. The van der Waals surface area contributed by atoms with Gasteiger partial charge in [-0.25, -0.2) is 0 Å². The van der Waals surface area contributed by atoms with Crippen LogP contribution in [0.3, 0.4) is 0 Å². The number of carbonyl (C=O) groups is 1. The molecule has 1 aromatic heterocycles. The Labute approximate surface area is 197 Å². The Morgan fingerprint density at radius 3 is 2.58 bits per heavy atom. The third-order valence-corrected chi connectivity index (χ3v) is 6.15. The van der Waals surface area contributed by atoms with Crippen molar-refractivity contribution in [3.8, 4) is 16.9 Å². The van der Waals surface area contributed by atoms with E-state index < -0.39 is 0 Å². The van der Waals surface area contributed by atoms with Crippen LogP contribution in [0.25, 0.3) is 27.7 Å². The zero-order chi connectivity index (χ0) is 23.8. The van der Waals surface area contributed by atoms with Gasteiger partial charge in [0.15, 0.2) is 0 Å². The number of allylic oxidation sites excluding steroid dienone is 1. The van der Waals surface area contributed by atoms with Gasteiger partial charge >= 0.3 is 0 Å². The lowest BCUT2D eigenvalue weighted by Gasteiger charge is -2.19. The predicted molar refractivity (Wildman–Crippen MR) is 136 cm³/mol. The topological polar surface area (TPSA) is 54.7 Å². The smallest absolute Gasteiger partial charge is 0.244 e. The van der Waals surface area contributed by atoms with E-state index in [0.717, 1.165) is 65.7 Å². The van der Waals surface area contributed by atoms with Gasteiger partial charge in [0, 0.05) is 34.7 Å². The summed E-state index contributed by atoms with van der Waals surface area (Å²) in [5.41, 5.74) is 4.60. The number of nitrogens with zero attached hydrogens (tertiary/aromatic N) is 1. The van der Waals surface area contributed by atoms with E-state index in [-0.39, 0.29) is 11.9 Å². The maximum absolute atomic E-state index is 12.7. The third-order valence-electron chi connectivity index (χ3n) is 6.15. The van der Waals surface area contributed by atoms with Gasteiger partial charge in [0.2, 0.25) is 5.91 Å². The number of hydrogen-bond acceptors (Lipinski definition) is 4. The molecule has 3 aromatic rings. The van der Waals surface area contributed by atoms with Crippen molar-refractivity contribution in [2.24, 2.45) is 0 Å². The number of carbonyl (C=O) groups excluding carboxylic acids is 1. The highest BCUT2D eigenvalue weighted by molar-refractivity contribution is 6.00. The van der Waals surface area contributed by atoms with Crippen LogP contribution in [0.2, 0.25) is 0 Å². The summed E-state index contributed by atoms with van der Waals surface area (Å²) in [5, 5.41) is 4.10. The first-order valence-electron chi connectivity index (χ1n) is 11.8. The molecule has 0 aliphatic rings. The van der Waals surface area contributed by atoms with Crippen molar-refractivity contribution in [1.82, 2.24) is 10.2 Å². The largest absolute Gasteiger partial charge is 0.496 e. The molecule has 0 saturated heterocycles. The minimum absolute atomic E-state index is 0.0829. The normalized spacial score (nSPS) is 12.8. The quantitative estimate of drug-likeness (QED) is 0.358. The SMILES string of the molecule is CCN(CC)CCCC(C)NC(=O)/C=C(\C)c1cc2c(-c3ccccc3)coc2cc1OC. The Balaban J connectivity index is 1.76. The van der Waals surface area contributed by atoms with E-state index in [1.165, 1.54) is 0 Å². The lowest BCUT2D eigenvalue weighted by molar-refractivity contribution is -0.117. The third kappa shape index (κ3) is 6.26. The summed E-state index contributed by atoms with van der Waals surface area (Å²) in [6.07, 6.45) is 5.46. The molecule has 33 heavy (non-hydrogen) atoms. The van der Waals surface area contributed by atoms with Crippen LogP contribution in [0.4, 0.5) is 0 Å². The fourth-order valence-corrected chi connectivity index (χ4v) is 4.17. The molecule has 1 heterocycles. The van der Waals surface area contributed by atoms with Crippen molar-refractivity contribution in [2.45, 2.75) is 46.6 Å². The Morgan fingerprint density at radius 1 is 1.18 bits per heavy atom. The van der Waals surface area contributed by atoms with Crippen molar-refractivity contribution in [3.05, 3.63) is 60.4 Å². The number of fused-ring (bicyclic) bond motifs is 1. The van der Waals surface area contributed by atoms with Crippen LogP contribution in [0.5, 0.6) is 5.75 Å². The van der Waals surface area contributed by atoms with Gasteiger partial charge in [0.25, 0.3) is 0 Å². The summed E-state index contributed by atoms with van der Waals surface area (Å²) in [6, 6.07) is 14.2. The Kier molecular flexibility index (Phi) is 8.72. The van der Waals surface area contributed by atoms with Gasteiger partial charge in [-0.2, -0.15) is 0 Å². The van der Waals surface area contributed by atoms with E-state index >= 15 is 0 Å². The van der Waals surface area contributed by atoms with Crippen molar-refractivity contribution in [1.29, 1.82) is 0 Å². The van der Waals surface area contributed by atoms with Crippen LogP contribution in [0.1, 0.15) is 46.1 Å². The molecule has 2 aromatic carbocycles. The molecular formula is C28H36N2O3. The van der Waals surface area contributed by atoms with E-state index in [9.17, 15) is 4.79 Å². The number of amides is 1. The summed E-state index contributed by atoms with van der Waals surface area (Å²) in [7, 11) is 1.64. The molecule has 0 aliphatic carbocycles. The Bertz CT molecular complexity index is 1080. The molecule has 0 spiro atoms. The van der Waals surface area contributed by atoms with E-state index in [1.54, 1.807) is 19.4 Å². The molecule has 0 bridgehead atoms. The second kappa shape index (κ2) is 11.7. The standard InChI is InChI=1S/C28H36N2O3/c1-6-30(7-2)15-11-12-21(4)29-28(31)16-20(3)23-17-24-25(22-13-9-8-10-14-22)19-33-27(24)18-26(23)32-5/h8-10,13-14,16-19,21H,6-7,11-12,15H2,1-5H3,(H,29,31)/b20-16+. The zero-order valence-electron chi connectivity index (χ0n) is 20.5. The van der Waals surface area contributed by atoms with Gasteiger partial charge in [0.05, 0.1) is 13.4 Å². The lowest BCUT2D eigenvalue weighted by Crippen LogP contribution is -2.32. The molecular weight excluding hydrogens is 412 g/mol. The van der Waals surface area contributed by atoms with Gasteiger partial charge in [-0.1, -0.05) is 44.2 Å². The summed E-state index contributed by atoms with van der Waals surface area (Å²) in [6.45, 7) is 11.6. The van der Waals surface area contributed by atoms with E-state index in [0.29, 0.717) is 5.75 Å². The van der Waals surface area contributed by atoms with Crippen LogP contribution < -0.4 is 10.1 Å². The van der Waals surface area contributed by atoms with Crippen LogP contribution in [-0.2, 0) is 4.79 Å². The highest BCUT2D eigenvalue weighted by atomic mass is 16.5. The maximum atomic E-state index is 12.7. The number of furan rings is 1. The summed E-state index contributed by atoms with van der Waals surface area (Å²) < 4.78 is 11.4. The van der Waals surface area contributed by atoms with Crippen LogP contribution >= 0.6 is 0 Å². The molecule has 1 atom stereocenters. The monoisotopic (exact) mass is 448 g/mol. The molecule has 0 aliphatic heterocycles. The van der Waals surface area contributed by atoms with Crippen molar-refractivity contribution < 1.29 is 13.9 Å². The molecule has 5 nitrogen and oxygen atoms in total. The van der Waals surface area contributed by atoms with E-state index in [4.69, 9.17) is 9.15 Å². The average molecular weight is 449 g/mol. The van der Waals surface area contributed by atoms with Crippen LogP contribution in [-0.4, -0.2) is 43.6 Å². The zero-order valence-corrected chi connectivity index (χ0v) is 20.5. The van der Waals surface area contributed by atoms with Gasteiger partial charge in [-0.05, 0) is 63.5 Å². The molecule has 5 heteroatoms. The molecule has 1 amide bonds. The highest BCUT2D eigenvalue weighted by Crippen LogP contribution is 2.37. The Morgan fingerprint density at radius 2 is 1.91 bits per heavy atom. The fraction of sp³-hybridized carbons (Fsp3) is 0.393. The summed E-state index contributed by atoms with van der Waals surface area (Å²) >= 11 is 0. The highest BCUT2D eigenvalue weighted by Gasteiger charge is 2.15. The fourth-order valence-electron chi connectivity index (χ4n) is 4.17. The summed E-state index contributed by atoms with van der Waals surface area (Å²) in [4.78, 5) is 15.1. The number of hydrogen-bond donors (Lipinski definition) is 1. The first kappa shape index (κ1) is 24.6. The molecule has 176 valence electrons. The van der Waals surface area contributed by atoms with Gasteiger partial charge in [-0.3, -0.25) is 4.79 Å². The molecule has 0 fully saturated rings. The minimum atomic E-state index is -0.0829. The first-order valence-corrected chi connectivity index (χ1v) is 11.8. The molecule has 1 N–H and O–H groups in total. The van der Waals surface area contributed by atoms with Crippen molar-refractivity contribution >= 4 is 22.4 Å². The predicted octanol–water partition coefficient (Wildman–Crippen LogP) is 6.14. The summed E-state index contributed by atoms with van der Waals surface area (Å²) in [5.74, 6) is 0.603. The van der Waals surface area contributed by atoms with Crippen molar-refractivity contribution in [2.75, 3.05) is 26.7 Å². The number of benzene rings is 2. The second-order valence-electron chi connectivity index (χ2n) is 8.47. The van der Waals surface area contributed by atoms with Gasteiger partial charge in [-0.15, -0.1) is 0 Å². The van der Waals surface area contributed by atoms with Gasteiger partial charge < -0.3 is 19.4 Å². The number of ether oxygens (including phenoxy) is 1. The minimum Gasteiger partial charge on any atom is -0.496 e. The van der Waals surface area contributed by atoms with Crippen LogP contribution in [0.15, 0.2) is 59.2 Å².